The van der Waals surface area contributed by atoms with E-state index in [2.05, 4.69) is 0 Å². The summed E-state index contributed by atoms with van der Waals surface area (Å²) >= 11 is 5.60. The van der Waals surface area contributed by atoms with Crippen molar-refractivity contribution in [3.63, 3.8) is 0 Å². The smallest absolute Gasteiger partial charge is 0.175 e. The fraction of sp³-hybridized carbons (Fsp3) is 0.250. The van der Waals surface area contributed by atoms with Gasteiger partial charge in [-0.05, 0) is 17.7 Å². The number of alkyl halides is 1. The monoisotopic (exact) mass is 219 g/mol. The molecule has 5 heteroatoms. The maximum Gasteiger partial charge on any atom is 0.175 e. The summed E-state index contributed by atoms with van der Waals surface area (Å²) in [6.45, 7) is 0. The molecule has 0 spiro atoms. The molecule has 1 aromatic carbocycles. The van der Waals surface area contributed by atoms with Gasteiger partial charge in [0.25, 0.3) is 0 Å². The van der Waals surface area contributed by atoms with Gasteiger partial charge in [0, 0.05) is 6.26 Å². The van der Waals surface area contributed by atoms with Crippen molar-refractivity contribution in [1.29, 1.82) is 0 Å². The maximum absolute atomic E-state index is 11.0. The zero-order valence-corrected chi connectivity index (χ0v) is 8.64. The molecule has 1 unspecified atom stereocenters. The Kier molecular flexibility index (Phi) is 2.95. The Balaban J connectivity index is 3.08. The number of halogens is 1. The third kappa shape index (κ3) is 2.69. The van der Waals surface area contributed by atoms with Crippen molar-refractivity contribution < 1.29 is 8.42 Å². The van der Waals surface area contributed by atoms with Crippen LogP contribution in [0.4, 0.5) is 0 Å². The van der Waals surface area contributed by atoms with Gasteiger partial charge in [-0.2, -0.15) is 0 Å². The predicted octanol–water partition coefficient (Wildman–Crippen LogP) is 1.29. The molecule has 0 saturated heterocycles. The van der Waals surface area contributed by atoms with Crippen molar-refractivity contribution in [2.75, 3.05) is 6.26 Å². The summed E-state index contributed by atoms with van der Waals surface area (Å²) in [5, 5.41) is 0. The first-order valence-corrected chi connectivity index (χ1v) is 5.94. The van der Waals surface area contributed by atoms with Crippen LogP contribution in [0, 0.1) is 0 Å². The molecule has 72 valence electrons. The summed E-state index contributed by atoms with van der Waals surface area (Å²) < 4.78 is 22.1. The number of hydrogen-bond donors (Lipinski definition) is 1. The second-order valence-electron chi connectivity index (χ2n) is 2.74. The summed E-state index contributed by atoms with van der Waals surface area (Å²) in [5.41, 5.74) is 5.50. The Labute approximate surface area is 82.4 Å². The molecule has 0 aromatic heterocycles. The summed E-state index contributed by atoms with van der Waals surface area (Å²) in [6, 6.07) is 6.20. The van der Waals surface area contributed by atoms with E-state index in [0.717, 1.165) is 6.26 Å². The largest absolute Gasteiger partial charge is 0.312 e. The third-order valence-electron chi connectivity index (χ3n) is 1.63. The summed E-state index contributed by atoms with van der Waals surface area (Å²) in [4.78, 5) is 0.272. The van der Waals surface area contributed by atoms with Crippen molar-refractivity contribution in [2.45, 2.75) is 10.4 Å². The lowest BCUT2D eigenvalue weighted by atomic mass is 10.2. The minimum atomic E-state index is -3.13. The average Bonchev–Trinajstić information content (AvgIpc) is 2.03. The number of sulfone groups is 1. The fourth-order valence-corrected chi connectivity index (χ4v) is 1.67. The van der Waals surface area contributed by atoms with Crippen LogP contribution in [0.2, 0.25) is 0 Å². The highest BCUT2D eigenvalue weighted by molar-refractivity contribution is 7.90. The molecule has 0 heterocycles. The van der Waals surface area contributed by atoms with Crippen LogP contribution in [-0.4, -0.2) is 14.7 Å². The van der Waals surface area contributed by atoms with E-state index in [1.807, 2.05) is 0 Å². The number of rotatable bonds is 2. The fourth-order valence-electron chi connectivity index (χ4n) is 0.899. The van der Waals surface area contributed by atoms with Crippen LogP contribution in [-0.2, 0) is 9.84 Å². The lowest BCUT2D eigenvalue weighted by Gasteiger charge is -2.03. The van der Waals surface area contributed by atoms with E-state index >= 15 is 0 Å². The molecular weight excluding hydrogens is 210 g/mol. The molecule has 0 radical (unpaired) electrons. The van der Waals surface area contributed by atoms with Crippen LogP contribution < -0.4 is 5.73 Å². The summed E-state index contributed by atoms with van der Waals surface area (Å²) in [6.07, 6.45) is 1.16. The Bertz CT molecular complexity index is 383. The second kappa shape index (κ2) is 3.65. The normalized spacial score (nSPS) is 14.1. The number of nitrogens with two attached hydrogens (primary N) is 1. The highest BCUT2D eigenvalue weighted by atomic mass is 35.5. The van der Waals surface area contributed by atoms with E-state index in [-0.39, 0.29) is 4.90 Å². The molecule has 13 heavy (non-hydrogen) atoms. The third-order valence-corrected chi connectivity index (χ3v) is 3.01. The molecule has 0 saturated carbocycles. The molecule has 0 aliphatic rings. The van der Waals surface area contributed by atoms with Gasteiger partial charge >= 0.3 is 0 Å². The second-order valence-corrected chi connectivity index (χ2v) is 5.23. The Morgan fingerprint density at radius 1 is 1.31 bits per heavy atom. The maximum atomic E-state index is 11.0. The van der Waals surface area contributed by atoms with E-state index in [1.54, 1.807) is 12.1 Å². The van der Waals surface area contributed by atoms with Crippen molar-refractivity contribution in [2.24, 2.45) is 5.73 Å². The average molecular weight is 220 g/mol. The van der Waals surface area contributed by atoms with Crippen LogP contribution in [0.15, 0.2) is 29.2 Å². The molecule has 2 N–H and O–H groups in total. The Hall–Kier alpha value is -0.580. The van der Waals surface area contributed by atoms with Gasteiger partial charge in [0.05, 0.1) is 4.90 Å². The van der Waals surface area contributed by atoms with Crippen molar-refractivity contribution >= 4 is 21.4 Å². The quantitative estimate of drug-likeness (QED) is 0.602. The first-order chi connectivity index (χ1) is 5.91. The zero-order chi connectivity index (χ0) is 10.1. The first-order valence-electron chi connectivity index (χ1n) is 3.61. The first kappa shape index (κ1) is 10.5. The van der Waals surface area contributed by atoms with Gasteiger partial charge in [0.15, 0.2) is 9.84 Å². The lowest BCUT2D eigenvalue weighted by molar-refractivity contribution is 0.602. The van der Waals surface area contributed by atoms with Gasteiger partial charge in [0.1, 0.15) is 5.50 Å². The summed E-state index contributed by atoms with van der Waals surface area (Å²) in [5.74, 6) is 0. The molecule has 1 rings (SSSR count). The molecule has 0 aliphatic carbocycles. The number of hydrogen-bond acceptors (Lipinski definition) is 3. The highest BCUT2D eigenvalue weighted by Crippen LogP contribution is 2.16. The van der Waals surface area contributed by atoms with Crippen LogP contribution in [0.3, 0.4) is 0 Å². The molecule has 0 amide bonds. The highest BCUT2D eigenvalue weighted by Gasteiger charge is 2.07. The summed E-state index contributed by atoms with van der Waals surface area (Å²) in [7, 11) is -3.13. The van der Waals surface area contributed by atoms with Crippen molar-refractivity contribution in [3.8, 4) is 0 Å². The minimum Gasteiger partial charge on any atom is -0.312 e. The van der Waals surface area contributed by atoms with Crippen LogP contribution in [0.5, 0.6) is 0 Å². The SMILES string of the molecule is CS(=O)(=O)c1ccc(C(N)Cl)cc1. The number of benzene rings is 1. The zero-order valence-electron chi connectivity index (χ0n) is 7.07. The van der Waals surface area contributed by atoms with Crippen LogP contribution >= 0.6 is 11.6 Å². The molecule has 0 aliphatic heterocycles. The van der Waals surface area contributed by atoms with E-state index < -0.39 is 15.3 Å². The van der Waals surface area contributed by atoms with Crippen molar-refractivity contribution in [3.05, 3.63) is 29.8 Å². The molecule has 1 atom stereocenters. The molecule has 0 bridgehead atoms. The molecule has 0 fully saturated rings. The minimum absolute atomic E-state index is 0.272. The lowest BCUT2D eigenvalue weighted by Crippen LogP contribution is -2.03. The van der Waals surface area contributed by atoms with E-state index in [9.17, 15) is 8.42 Å². The van der Waals surface area contributed by atoms with Crippen LogP contribution in [0.25, 0.3) is 0 Å². The van der Waals surface area contributed by atoms with Gasteiger partial charge in [-0.25, -0.2) is 8.42 Å². The standard InChI is InChI=1S/C8H10ClNO2S/c1-13(11,12)7-4-2-6(3-5-7)8(9)10/h2-5,8H,10H2,1H3. The molecular formula is C8H10ClNO2S. The Morgan fingerprint density at radius 3 is 2.08 bits per heavy atom. The Morgan fingerprint density at radius 2 is 1.77 bits per heavy atom. The van der Waals surface area contributed by atoms with E-state index in [0.29, 0.717) is 5.56 Å². The predicted molar refractivity (Wildman–Crippen MR) is 52.3 cm³/mol. The van der Waals surface area contributed by atoms with Gasteiger partial charge in [0.2, 0.25) is 0 Å². The van der Waals surface area contributed by atoms with Gasteiger partial charge < -0.3 is 5.73 Å². The molecule has 1 aromatic rings. The van der Waals surface area contributed by atoms with E-state index in [4.69, 9.17) is 17.3 Å². The van der Waals surface area contributed by atoms with Crippen molar-refractivity contribution in [1.82, 2.24) is 0 Å². The van der Waals surface area contributed by atoms with Crippen LogP contribution in [0.1, 0.15) is 11.1 Å². The van der Waals surface area contributed by atoms with Gasteiger partial charge in [-0.15, -0.1) is 11.6 Å². The molecule has 3 nitrogen and oxygen atoms in total. The van der Waals surface area contributed by atoms with Gasteiger partial charge in [-0.1, -0.05) is 12.1 Å². The topological polar surface area (TPSA) is 60.2 Å². The van der Waals surface area contributed by atoms with Gasteiger partial charge in [-0.3, -0.25) is 0 Å². The van der Waals surface area contributed by atoms with E-state index in [1.165, 1.54) is 12.1 Å².